The first-order valence-corrected chi connectivity index (χ1v) is 5.40. The van der Waals surface area contributed by atoms with Crippen LogP contribution in [-0.2, 0) is 0 Å². The van der Waals surface area contributed by atoms with Crippen LogP contribution < -0.4 is 5.43 Å². The fraction of sp³-hybridized carbons (Fsp3) is 0.0714. The maximum atomic E-state index is 9.54. The number of hydrogen-bond acceptors (Lipinski definition) is 3. The zero-order valence-corrected chi connectivity index (χ0v) is 9.59. The Morgan fingerprint density at radius 3 is 2.53 bits per heavy atom. The van der Waals surface area contributed by atoms with E-state index < -0.39 is 0 Å². The van der Waals surface area contributed by atoms with Crippen LogP contribution in [0.4, 0.5) is 5.69 Å². The van der Waals surface area contributed by atoms with Gasteiger partial charge in [0, 0.05) is 5.56 Å². The Labute approximate surface area is 100 Å². The molecule has 0 fully saturated rings. The summed E-state index contributed by atoms with van der Waals surface area (Å²) < 4.78 is 0. The lowest BCUT2D eigenvalue weighted by Crippen LogP contribution is -1.92. The van der Waals surface area contributed by atoms with Gasteiger partial charge in [0.1, 0.15) is 5.75 Å². The third-order valence-electron chi connectivity index (χ3n) is 2.47. The first-order chi connectivity index (χ1) is 8.27. The Hall–Kier alpha value is -2.29. The van der Waals surface area contributed by atoms with Crippen molar-refractivity contribution in [2.45, 2.75) is 6.92 Å². The van der Waals surface area contributed by atoms with Crippen molar-refractivity contribution in [3.8, 4) is 5.75 Å². The molecule has 0 bridgehead atoms. The highest BCUT2D eigenvalue weighted by Crippen LogP contribution is 2.15. The van der Waals surface area contributed by atoms with E-state index in [0.29, 0.717) is 5.56 Å². The van der Waals surface area contributed by atoms with Crippen LogP contribution in [0, 0.1) is 6.92 Å². The van der Waals surface area contributed by atoms with E-state index in [9.17, 15) is 5.11 Å². The van der Waals surface area contributed by atoms with Gasteiger partial charge in [0.25, 0.3) is 0 Å². The Kier molecular flexibility index (Phi) is 3.40. The molecular weight excluding hydrogens is 212 g/mol. The zero-order chi connectivity index (χ0) is 12.1. The van der Waals surface area contributed by atoms with Crippen molar-refractivity contribution in [1.29, 1.82) is 0 Å². The first-order valence-electron chi connectivity index (χ1n) is 5.40. The highest BCUT2D eigenvalue weighted by atomic mass is 16.3. The summed E-state index contributed by atoms with van der Waals surface area (Å²) in [4.78, 5) is 0. The van der Waals surface area contributed by atoms with Crippen molar-refractivity contribution in [1.82, 2.24) is 0 Å². The molecular formula is C14H14N2O. The average molecular weight is 226 g/mol. The third kappa shape index (κ3) is 2.84. The summed E-state index contributed by atoms with van der Waals surface area (Å²) in [5, 5.41) is 13.6. The molecule has 2 aromatic carbocycles. The van der Waals surface area contributed by atoms with Crippen LogP contribution in [-0.4, -0.2) is 11.3 Å². The predicted octanol–water partition coefficient (Wildman–Crippen LogP) is 3.15. The van der Waals surface area contributed by atoms with Gasteiger partial charge in [-0.1, -0.05) is 30.3 Å². The molecule has 0 aliphatic carbocycles. The summed E-state index contributed by atoms with van der Waals surface area (Å²) in [6.45, 7) is 2.01. The van der Waals surface area contributed by atoms with E-state index in [4.69, 9.17) is 0 Å². The maximum absolute atomic E-state index is 9.54. The van der Waals surface area contributed by atoms with Crippen LogP contribution in [0.3, 0.4) is 0 Å². The number of nitrogens with one attached hydrogen (secondary N) is 1. The molecule has 0 heterocycles. The fourth-order valence-corrected chi connectivity index (χ4v) is 1.47. The number of phenols is 1. The molecule has 17 heavy (non-hydrogen) atoms. The Bertz CT molecular complexity index is 535. The largest absolute Gasteiger partial charge is 0.507 e. The standard InChI is InChI=1S/C14H14N2O/c1-11-6-2-4-8-13(11)16-15-10-12-7-3-5-9-14(12)17/h2-10,16-17H,1H3/b15-10-. The van der Waals surface area contributed by atoms with Gasteiger partial charge in [-0.15, -0.1) is 0 Å². The second-order valence-electron chi connectivity index (χ2n) is 3.74. The SMILES string of the molecule is Cc1ccccc1N/N=C\c1ccccc1O. The van der Waals surface area contributed by atoms with Crippen molar-refractivity contribution in [3.05, 3.63) is 59.7 Å². The molecule has 0 atom stereocenters. The highest BCUT2D eigenvalue weighted by molar-refractivity contribution is 5.83. The van der Waals surface area contributed by atoms with Crippen LogP contribution in [0.5, 0.6) is 5.75 Å². The summed E-state index contributed by atoms with van der Waals surface area (Å²) >= 11 is 0. The molecule has 3 heteroatoms. The Morgan fingerprint density at radius 2 is 1.76 bits per heavy atom. The van der Waals surface area contributed by atoms with E-state index in [-0.39, 0.29) is 5.75 Å². The second-order valence-corrected chi connectivity index (χ2v) is 3.74. The molecule has 86 valence electrons. The van der Waals surface area contributed by atoms with Gasteiger partial charge in [0.05, 0.1) is 11.9 Å². The molecule has 0 aromatic heterocycles. The third-order valence-corrected chi connectivity index (χ3v) is 2.47. The van der Waals surface area contributed by atoms with Crippen LogP contribution in [0.2, 0.25) is 0 Å². The molecule has 0 spiro atoms. The van der Waals surface area contributed by atoms with Crippen LogP contribution in [0.1, 0.15) is 11.1 Å². The number of phenolic OH excluding ortho intramolecular Hbond substituents is 1. The number of benzene rings is 2. The summed E-state index contributed by atoms with van der Waals surface area (Å²) in [6, 6.07) is 15.0. The molecule has 0 aliphatic rings. The Balaban J connectivity index is 2.09. The van der Waals surface area contributed by atoms with Crippen LogP contribution in [0.15, 0.2) is 53.6 Å². The highest BCUT2D eigenvalue weighted by Gasteiger charge is 1.95. The van der Waals surface area contributed by atoms with Gasteiger partial charge in [0.2, 0.25) is 0 Å². The fourth-order valence-electron chi connectivity index (χ4n) is 1.47. The smallest absolute Gasteiger partial charge is 0.124 e. The van der Waals surface area contributed by atoms with Gasteiger partial charge in [-0.3, -0.25) is 5.43 Å². The second kappa shape index (κ2) is 5.16. The number of hydrazone groups is 1. The number of nitrogens with zero attached hydrogens (tertiary/aromatic N) is 1. The topological polar surface area (TPSA) is 44.6 Å². The minimum Gasteiger partial charge on any atom is -0.507 e. The molecule has 0 radical (unpaired) electrons. The van der Waals surface area contributed by atoms with E-state index >= 15 is 0 Å². The van der Waals surface area contributed by atoms with Crippen molar-refractivity contribution >= 4 is 11.9 Å². The molecule has 0 saturated carbocycles. The van der Waals surface area contributed by atoms with Crippen molar-refractivity contribution in [2.24, 2.45) is 5.10 Å². The van der Waals surface area contributed by atoms with E-state index in [1.165, 1.54) is 0 Å². The summed E-state index contributed by atoms with van der Waals surface area (Å²) in [5.41, 5.74) is 5.72. The maximum Gasteiger partial charge on any atom is 0.124 e. The van der Waals surface area contributed by atoms with Gasteiger partial charge in [0.15, 0.2) is 0 Å². The lowest BCUT2D eigenvalue weighted by molar-refractivity contribution is 0.474. The molecule has 3 nitrogen and oxygen atoms in total. The normalized spacial score (nSPS) is 10.6. The monoisotopic (exact) mass is 226 g/mol. The lowest BCUT2D eigenvalue weighted by atomic mass is 10.2. The molecule has 0 saturated heterocycles. The number of anilines is 1. The summed E-state index contributed by atoms with van der Waals surface area (Å²) in [7, 11) is 0. The predicted molar refractivity (Wildman–Crippen MR) is 70.5 cm³/mol. The Morgan fingerprint density at radius 1 is 1.06 bits per heavy atom. The van der Waals surface area contributed by atoms with Gasteiger partial charge < -0.3 is 5.11 Å². The van der Waals surface area contributed by atoms with Gasteiger partial charge >= 0.3 is 0 Å². The van der Waals surface area contributed by atoms with Crippen molar-refractivity contribution in [2.75, 3.05) is 5.43 Å². The molecule has 2 rings (SSSR count). The van der Waals surface area contributed by atoms with Crippen molar-refractivity contribution < 1.29 is 5.11 Å². The van der Waals surface area contributed by atoms with Gasteiger partial charge in [-0.05, 0) is 30.7 Å². The number of aryl methyl sites for hydroxylation is 1. The average Bonchev–Trinajstić information content (AvgIpc) is 2.34. The zero-order valence-electron chi connectivity index (χ0n) is 9.59. The van der Waals surface area contributed by atoms with E-state index in [1.807, 2.05) is 37.3 Å². The van der Waals surface area contributed by atoms with Gasteiger partial charge in [-0.25, -0.2) is 0 Å². The number of para-hydroxylation sites is 2. The van der Waals surface area contributed by atoms with Crippen LogP contribution >= 0.6 is 0 Å². The molecule has 0 amide bonds. The number of rotatable bonds is 3. The minimum absolute atomic E-state index is 0.225. The van der Waals surface area contributed by atoms with Crippen molar-refractivity contribution in [3.63, 3.8) is 0 Å². The van der Waals surface area contributed by atoms with E-state index in [0.717, 1.165) is 11.3 Å². The minimum atomic E-state index is 0.225. The molecule has 0 aliphatic heterocycles. The molecule has 0 unspecified atom stereocenters. The first kappa shape index (κ1) is 11.2. The lowest BCUT2D eigenvalue weighted by Gasteiger charge is -2.03. The van der Waals surface area contributed by atoms with E-state index in [1.54, 1.807) is 24.4 Å². The quantitative estimate of drug-likeness (QED) is 0.623. The molecule has 2 N–H and O–H groups in total. The summed E-state index contributed by atoms with van der Waals surface area (Å²) in [5.74, 6) is 0.225. The number of aromatic hydroxyl groups is 1. The summed E-state index contributed by atoms with van der Waals surface area (Å²) in [6.07, 6.45) is 1.60. The van der Waals surface area contributed by atoms with Crippen LogP contribution in [0.25, 0.3) is 0 Å². The van der Waals surface area contributed by atoms with Gasteiger partial charge in [-0.2, -0.15) is 5.10 Å². The van der Waals surface area contributed by atoms with E-state index in [2.05, 4.69) is 10.5 Å². The molecule has 2 aromatic rings. The number of hydrogen-bond donors (Lipinski definition) is 2.